The molecule has 0 aromatic heterocycles. The van der Waals surface area contributed by atoms with E-state index in [1.165, 1.54) is 31.2 Å². The first-order valence-electron chi connectivity index (χ1n) is 9.93. The number of fused-ring (bicyclic) bond motifs is 1. The van der Waals surface area contributed by atoms with Gasteiger partial charge in [-0.3, -0.25) is 9.69 Å². The lowest BCUT2D eigenvalue weighted by molar-refractivity contribution is -0.131. The van der Waals surface area contributed by atoms with E-state index in [9.17, 15) is 4.79 Å². The first-order chi connectivity index (χ1) is 12.3. The van der Waals surface area contributed by atoms with Crippen molar-refractivity contribution in [3.05, 3.63) is 35.9 Å². The average Bonchev–Trinajstić information content (AvgIpc) is 2.67. The number of nitrogens with zero attached hydrogens (tertiary/aromatic N) is 1. The van der Waals surface area contributed by atoms with E-state index in [4.69, 9.17) is 4.74 Å². The molecule has 2 saturated carbocycles. The summed E-state index contributed by atoms with van der Waals surface area (Å²) in [6.45, 7) is 5.22. The highest BCUT2D eigenvalue weighted by Gasteiger charge is 2.52. The zero-order valence-electron chi connectivity index (χ0n) is 15.2. The predicted molar refractivity (Wildman–Crippen MR) is 98.4 cm³/mol. The lowest BCUT2D eigenvalue weighted by Gasteiger charge is -2.55. The summed E-state index contributed by atoms with van der Waals surface area (Å²) in [7, 11) is 0. The molecule has 25 heavy (non-hydrogen) atoms. The molecule has 0 radical (unpaired) electrons. The highest BCUT2D eigenvalue weighted by Crippen LogP contribution is 2.54. The molecule has 3 aliphatic rings. The number of ether oxygens (including phenoxy) is 1. The van der Waals surface area contributed by atoms with E-state index in [0.717, 1.165) is 32.2 Å². The average molecular weight is 342 g/mol. The Morgan fingerprint density at radius 1 is 1.12 bits per heavy atom. The molecule has 3 fully saturated rings. The van der Waals surface area contributed by atoms with Gasteiger partial charge in [-0.05, 0) is 37.2 Å². The topological polar surface area (TPSA) is 41.6 Å². The van der Waals surface area contributed by atoms with Crippen molar-refractivity contribution in [1.29, 1.82) is 0 Å². The summed E-state index contributed by atoms with van der Waals surface area (Å²) in [6, 6.07) is 11.0. The summed E-state index contributed by atoms with van der Waals surface area (Å²) >= 11 is 0. The molecule has 4 heteroatoms. The highest BCUT2D eigenvalue weighted by atomic mass is 16.5. The smallest absolute Gasteiger partial charge is 0.237 e. The van der Waals surface area contributed by atoms with Crippen LogP contribution >= 0.6 is 0 Å². The molecule has 1 aliphatic heterocycles. The van der Waals surface area contributed by atoms with Crippen molar-refractivity contribution in [3.63, 3.8) is 0 Å². The Morgan fingerprint density at radius 2 is 1.80 bits per heavy atom. The summed E-state index contributed by atoms with van der Waals surface area (Å²) in [5.74, 6) is 2.10. The molecule has 0 spiro atoms. The second-order valence-corrected chi connectivity index (χ2v) is 7.91. The maximum absolute atomic E-state index is 12.9. The van der Waals surface area contributed by atoms with E-state index in [0.29, 0.717) is 17.9 Å². The van der Waals surface area contributed by atoms with Crippen molar-refractivity contribution in [2.24, 2.45) is 11.8 Å². The Morgan fingerprint density at radius 3 is 2.52 bits per heavy atom. The van der Waals surface area contributed by atoms with E-state index in [1.54, 1.807) is 0 Å². The maximum atomic E-state index is 12.9. The van der Waals surface area contributed by atoms with Gasteiger partial charge in [0.05, 0.1) is 19.3 Å². The molecule has 0 unspecified atom stereocenters. The van der Waals surface area contributed by atoms with Crippen LogP contribution in [0.15, 0.2) is 30.3 Å². The highest BCUT2D eigenvalue weighted by molar-refractivity contribution is 5.82. The van der Waals surface area contributed by atoms with Gasteiger partial charge in [-0.1, -0.05) is 43.2 Å². The number of carbonyl (C=O) groups is 1. The van der Waals surface area contributed by atoms with Gasteiger partial charge < -0.3 is 10.1 Å². The summed E-state index contributed by atoms with van der Waals surface area (Å²) in [6.07, 6.45) is 5.24. The number of rotatable bonds is 4. The Hall–Kier alpha value is -1.39. The molecule has 2 aliphatic carbocycles. The van der Waals surface area contributed by atoms with Crippen LogP contribution in [0, 0.1) is 11.8 Å². The second-order valence-electron chi connectivity index (χ2n) is 7.91. The van der Waals surface area contributed by atoms with Gasteiger partial charge in [-0.2, -0.15) is 0 Å². The molecule has 1 aromatic carbocycles. The minimum absolute atomic E-state index is 0.0667. The Labute approximate surface area is 150 Å². The third-order valence-electron chi connectivity index (χ3n) is 6.65. The Bertz CT molecular complexity index is 585. The van der Waals surface area contributed by atoms with Gasteiger partial charge in [0.25, 0.3) is 0 Å². The quantitative estimate of drug-likeness (QED) is 0.915. The minimum Gasteiger partial charge on any atom is -0.379 e. The van der Waals surface area contributed by atoms with Crippen LogP contribution in [-0.4, -0.2) is 49.2 Å². The second kappa shape index (κ2) is 7.46. The van der Waals surface area contributed by atoms with Crippen molar-refractivity contribution in [2.45, 2.75) is 50.6 Å². The van der Waals surface area contributed by atoms with E-state index in [2.05, 4.69) is 40.5 Å². The summed E-state index contributed by atoms with van der Waals surface area (Å²) < 4.78 is 5.42. The van der Waals surface area contributed by atoms with E-state index in [-0.39, 0.29) is 11.9 Å². The molecule has 1 N–H and O–H groups in total. The normalized spacial score (nSPS) is 33.8. The molecule has 1 amide bonds. The van der Waals surface area contributed by atoms with E-state index in [1.807, 2.05) is 6.92 Å². The summed E-state index contributed by atoms with van der Waals surface area (Å²) in [4.78, 5) is 15.1. The molecule has 4 nitrogen and oxygen atoms in total. The monoisotopic (exact) mass is 342 g/mol. The number of hydrogen-bond donors (Lipinski definition) is 1. The van der Waals surface area contributed by atoms with Crippen LogP contribution in [0.4, 0.5) is 0 Å². The molecular formula is C21H30N2O2. The van der Waals surface area contributed by atoms with Gasteiger partial charge in [0, 0.05) is 25.0 Å². The Balaban J connectivity index is 1.46. The maximum Gasteiger partial charge on any atom is 0.237 e. The zero-order valence-corrected chi connectivity index (χ0v) is 15.2. The lowest BCUT2D eigenvalue weighted by atomic mass is 9.53. The van der Waals surface area contributed by atoms with Crippen LogP contribution in [0.3, 0.4) is 0 Å². The van der Waals surface area contributed by atoms with Crippen molar-refractivity contribution >= 4 is 5.91 Å². The molecule has 5 atom stereocenters. The Kier molecular flexibility index (Phi) is 5.09. The van der Waals surface area contributed by atoms with Crippen molar-refractivity contribution in [1.82, 2.24) is 10.2 Å². The van der Waals surface area contributed by atoms with Gasteiger partial charge in [-0.15, -0.1) is 0 Å². The number of nitrogens with one attached hydrogen (secondary N) is 1. The van der Waals surface area contributed by atoms with Gasteiger partial charge in [0.2, 0.25) is 5.91 Å². The molecule has 1 heterocycles. The SMILES string of the molecule is C[C@H](C(=O)N[C@H]1[C@H]2CCCC[C@H]2[C@@H]1c1ccccc1)N1CCOCC1. The number of morpholine rings is 1. The van der Waals surface area contributed by atoms with E-state index >= 15 is 0 Å². The van der Waals surface area contributed by atoms with Crippen molar-refractivity contribution < 1.29 is 9.53 Å². The van der Waals surface area contributed by atoms with Crippen LogP contribution in [0.5, 0.6) is 0 Å². The fourth-order valence-electron chi connectivity index (χ4n) is 5.21. The largest absolute Gasteiger partial charge is 0.379 e. The molecular weight excluding hydrogens is 312 g/mol. The van der Waals surface area contributed by atoms with Gasteiger partial charge in [0.1, 0.15) is 0 Å². The number of benzene rings is 1. The van der Waals surface area contributed by atoms with Crippen molar-refractivity contribution in [3.8, 4) is 0 Å². The van der Waals surface area contributed by atoms with E-state index < -0.39 is 0 Å². The lowest BCUT2D eigenvalue weighted by Crippen LogP contribution is -2.62. The van der Waals surface area contributed by atoms with Crippen LogP contribution in [0.1, 0.15) is 44.1 Å². The minimum atomic E-state index is -0.0667. The summed E-state index contributed by atoms with van der Waals surface area (Å²) in [5.41, 5.74) is 1.40. The third kappa shape index (κ3) is 3.34. The molecule has 1 aromatic rings. The van der Waals surface area contributed by atoms with Crippen LogP contribution in [0.25, 0.3) is 0 Å². The van der Waals surface area contributed by atoms with Crippen LogP contribution in [0.2, 0.25) is 0 Å². The van der Waals surface area contributed by atoms with Gasteiger partial charge in [0.15, 0.2) is 0 Å². The number of amides is 1. The van der Waals surface area contributed by atoms with Crippen LogP contribution in [-0.2, 0) is 9.53 Å². The van der Waals surface area contributed by atoms with Gasteiger partial charge >= 0.3 is 0 Å². The summed E-state index contributed by atoms with van der Waals surface area (Å²) in [5, 5.41) is 3.44. The fraction of sp³-hybridized carbons (Fsp3) is 0.667. The first kappa shape index (κ1) is 17.0. The molecule has 4 rings (SSSR count). The molecule has 0 bridgehead atoms. The standard InChI is InChI=1S/C21H30N2O2/c1-15(23-11-13-25-14-12-23)21(24)22-20-18-10-6-5-9-17(18)19(20)16-7-3-2-4-8-16/h2-4,7-8,15,17-20H,5-6,9-14H2,1H3,(H,22,24)/t15-,17-,18+,19+,20+/m1/s1. The number of carbonyl (C=O) groups excluding carboxylic acids is 1. The fourth-order valence-corrected chi connectivity index (χ4v) is 5.21. The van der Waals surface area contributed by atoms with Crippen molar-refractivity contribution in [2.75, 3.05) is 26.3 Å². The predicted octanol–water partition coefficient (Wildman–Crippen LogP) is 2.80. The number of hydrogen-bond acceptors (Lipinski definition) is 3. The molecule has 1 saturated heterocycles. The third-order valence-corrected chi connectivity index (χ3v) is 6.65. The first-order valence-corrected chi connectivity index (χ1v) is 9.93. The zero-order chi connectivity index (χ0) is 17.2. The van der Waals surface area contributed by atoms with Crippen LogP contribution < -0.4 is 5.32 Å². The van der Waals surface area contributed by atoms with Gasteiger partial charge in [-0.25, -0.2) is 0 Å². The molecule has 136 valence electrons.